The van der Waals surface area contributed by atoms with E-state index in [2.05, 4.69) is 6.08 Å². The minimum Gasteiger partial charge on any atom is -0.504 e. The van der Waals surface area contributed by atoms with Gasteiger partial charge < -0.3 is 15.9 Å². The molecule has 1 aromatic rings. The van der Waals surface area contributed by atoms with Crippen molar-refractivity contribution in [2.75, 3.05) is 6.54 Å². The molecule has 4 N–H and O–H groups in total. The average Bonchev–Trinajstić information content (AvgIpc) is 2.23. The average molecular weight is 272 g/mol. The first-order valence-corrected chi connectivity index (χ1v) is 4.67. The Hall–Kier alpha value is -1.00. The quantitative estimate of drug-likeness (QED) is 0.685. The van der Waals surface area contributed by atoms with Crippen molar-refractivity contribution >= 4 is 22.6 Å². The number of nitrogens with two attached hydrogens (primary N) is 1. The summed E-state index contributed by atoms with van der Waals surface area (Å²) >= 11 is 0. The van der Waals surface area contributed by atoms with Crippen molar-refractivity contribution in [3.63, 3.8) is 0 Å². The molecule has 0 unspecified atom stereocenters. The van der Waals surface area contributed by atoms with Crippen LogP contribution < -0.4 is 5.73 Å². The van der Waals surface area contributed by atoms with Crippen LogP contribution in [0.3, 0.4) is 0 Å². The molecule has 15 heavy (non-hydrogen) atoms. The molecule has 0 spiro atoms. The molecule has 82 valence electrons. The van der Waals surface area contributed by atoms with Gasteiger partial charge in [-0.25, -0.2) is 0 Å². The van der Waals surface area contributed by atoms with Gasteiger partial charge in [0.25, 0.3) is 0 Å². The maximum absolute atomic E-state index is 9.64. The highest BCUT2D eigenvalue weighted by Crippen LogP contribution is 2.37. The Balaban J connectivity index is 0.00000112. The molecule has 3 nitrogen and oxygen atoms in total. The predicted molar refractivity (Wildman–Crippen MR) is 65.4 cm³/mol. The highest BCUT2D eigenvalue weighted by molar-refractivity contribution is 8.93. The molecule has 1 aromatic carbocycles. The van der Waals surface area contributed by atoms with Gasteiger partial charge >= 0.3 is 0 Å². The molecule has 0 bridgehead atoms. The third-order valence-corrected chi connectivity index (χ3v) is 2.61. The molecule has 0 fully saturated rings. The molecule has 4 heteroatoms. The van der Waals surface area contributed by atoms with Crippen LogP contribution in [0.1, 0.15) is 17.5 Å². The molecule has 0 amide bonds. The molecule has 0 aromatic heterocycles. The van der Waals surface area contributed by atoms with Gasteiger partial charge in [-0.1, -0.05) is 12.1 Å². The van der Waals surface area contributed by atoms with Crippen LogP contribution in [0.4, 0.5) is 0 Å². The van der Waals surface area contributed by atoms with Crippen LogP contribution in [-0.4, -0.2) is 16.8 Å². The maximum Gasteiger partial charge on any atom is 0.161 e. The molecular formula is C11H14BrNO2. The van der Waals surface area contributed by atoms with Crippen molar-refractivity contribution in [1.82, 2.24) is 0 Å². The van der Waals surface area contributed by atoms with Gasteiger partial charge in [0.15, 0.2) is 11.5 Å². The summed E-state index contributed by atoms with van der Waals surface area (Å²) < 4.78 is 0. The maximum atomic E-state index is 9.64. The van der Waals surface area contributed by atoms with Gasteiger partial charge in [0.05, 0.1) is 0 Å². The third kappa shape index (κ3) is 2.01. The Morgan fingerprint density at radius 3 is 2.67 bits per heavy atom. The number of phenols is 2. The molecule has 2 rings (SSSR count). The highest BCUT2D eigenvalue weighted by Gasteiger charge is 2.16. The minimum absolute atomic E-state index is 0. The highest BCUT2D eigenvalue weighted by atomic mass is 79.9. The van der Waals surface area contributed by atoms with E-state index in [4.69, 9.17) is 5.73 Å². The Labute approximate surface area is 99.0 Å². The van der Waals surface area contributed by atoms with E-state index >= 15 is 0 Å². The van der Waals surface area contributed by atoms with Crippen LogP contribution in [0, 0.1) is 0 Å². The van der Waals surface area contributed by atoms with E-state index in [-0.39, 0.29) is 28.5 Å². The Kier molecular flexibility index (Phi) is 3.77. The minimum atomic E-state index is -0.0537. The van der Waals surface area contributed by atoms with Crippen LogP contribution in [0.2, 0.25) is 0 Å². The van der Waals surface area contributed by atoms with Gasteiger partial charge in [-0.3, -0.25) is 0 Å². The summed E-state index contributed by atoms with van der Waals surface area (Å²) in [5, 5.41) is 19.0. The van der Waals surface area contributed by atoms with Crippen molar-refractivity contribution in [3.8, 4) is 11.5 Å². The smallest absolute Gasteiger partial charge is 0.161 e. The van der Waals surface area contributed by atoms with E-state index < -0.39 is 0 Å². The number of hydrogen-bond acceptors (Lipinski definition) is 3. The summed E-state index contributed by atoms with van der Waals surface area (Å²) in [7, 11) is 0. The lowest BCUT2D eigenvalue weighted by Crippen LogP contribution is -2.08. The van der Waals surface area contributed by atoms with Crippen molar-refractivity contribution in [2.24, 2.45) is 5.73 Å². The normalized spacial score (nSPS) is 13.8. The number of hydrogen-bond donors (Lipinski definition) is 3. The van der Waals surface area contributed by atoms with E-state index in [1.54, 1.807) is 0 Å². The lowest BCUT2D eigenvalue weighted by atomic mass is 9.90. The van der Waals surface area contributed by atoms with Crippen molar-refractivity contribution in [3.05, 3.63) is 29.3 Å². The van der Waals surface area contributed by atoms with Gasteiger partial charge in [-0.15, -0.1) is 17.0 Å². The molecule has 1 aliphatic carbocycles. The van der Waals surface area contributed by atoms with E-state index in [0.717, 1.165) is 29.5 Å². The molecule has 0 heterocycles. The number of benzene rings is 1. The molecule has 0 saturated carbocycles. The van der Waals surface area contributed by atoms with Crippen LogP contribution >= 0.6 is 17.0 Å². The van der Waals surface area contributed by atoms with E-state index in [9.17, 15) is 10.2 Å². The Morgan fingerprint density at radius 2 is 2.00 bits per heavy atom. The first kappa shape index (κ1) is 12.1. The number of phenolic OH excluding ortho intramolecular Hbond substituents is 2. The zero-order valence-corrected chi connectivity index (χ0v) is 9.95. The summed E-state index contributed by atoms with van der Waals surface area (Å²) in [5.41, 5.74) is 8.42. The number of halogens is 1. The van der Waals surface area contributed by atoms with Gasteiger partial charge in [0.2, 0.25) is 0 Å². The number of fused-ring (bicyclic) bond motifs is 1. The summed E-state index contributed by atoms with van der Waals surface area (Å²) in [5.74, 6) is -0.0522. The first-order valence-electron chi connectivity index (χ1n) is 4.67. The van der Waals surface area contributed by atoms with Crippen LogP contribution in [0.5, 0.6) is 11.5 Å². The van der Waals surface area contributed by atoms with E-state index in [0.29, 0.717) is 6.54 Å². The second-order valence-electron chi connectivity index (χ2n) is 3.43. The Morgan fingerprint density at radius 1 is 1.27 bits per heavy atom. The van der Waals surface area contributed by atoms with Crippen LogP contribution in [-0.2, 0) is 6.42 Å². The van der Waals surface area contributed by atoms with E-state index in [1.165, 1.54) is 6.07 Å². The summed E-state index contributed by atoms with van der Waals surface area (Å²) in [6.45, 7) is 0.469. The fourth-order valence-electron chi connectivity index (χ4n) is 1.87. The summed E-state index contributed by atoms with van der Waals surface area (Å²) in [4.78, 5) is 0. The van der Waals surface area contributed by atoms with Crippen molar-refractivity contribution in [2.45, 2.75) is 12.8 Å². The Bertz CT molecular complexity index is 402. The second kappa shape index (κ2) is 4.68. The van der Waals surface area contributed by atoms with Gasteiger partial charge in [-0.05, 0) is 30.0 Å². The van der Waals surface area contributed by atoms with Crippen molar-refractivity contribution < 1.29 is 10.2 Å². The number of rotatable bonds is 1. The lowest BCUT2D eigenvalue weighted by Gasteiger charge is -2.18. The van der Waals surface area contributed by atoms with Gasteiger partial charge in [0, 0.05) is 12.1 Å². The van der Waals surface area contributed by atoms with Crippen molar-refractivity contribution in [1.29, 1.82) is 0 Å². The fourth-order valence-corrected chi connectivity index (χ4v) is 1.87. The topological polar surface area (TPSA) is 66.5 Å². The second-order valence-corrected chi connectivity index (χ2v) is 3.43. The van der Waals surface area contributed by atoms with Gasteiger partial charge in [-0.2, -0.15) is 0 Å². The monoisotopic (exact) mass is 271 g/mol. The fraction of sp³-hybridized carbons (Fsp3) is 0.273. The summed E-state index contributed by atoms with van der Waals surface area (Å²) in [6, 6.07) is 3.31. The molecule has 0 saturated heterocycles. The standard InChI is InChI=1S/C11H13NO2.BrH/c12-6-7-2-1-3-9-8(7)4-5-10(13)11(9)14;/h2,4-5,13-14H,1,3,6,12H2;1H. The number of allylic oxidation sites excluding steroid dienone is 1. The largest absolute Gasteiger partial charge is 0.504 e. The molecule has 0 aliphatic heterocycles. The zero-order chi connectivity index (χ0) is 10.1. The van der Waals surface area contributed by atoms with Gasteiger partial charge in [0.1, 0.15) is 0 Å². The SMILES string of the molecule is Br.NCC1=CCCc2c1ccc(O)c2O. The molecular weight excluding hydrogens is 258 g/mol. The van der Waals surface area contributed by atoms with E-state index in [1.807, 2.05) is 6.07 Å². The molecule has 0 atom stereocenters. The first-order chi connectivity index (χ1) is 6.74. The third-order valence-electron chi connectivity index (χ3n) is 2.61. The van der Waals surface area contributed by atoms with Crippen LogP contribution in [0.15, 0.2) is 18.2 Å². The molecule has 1 aliphatic rings. The number of aromatic hydroxyl groups is 2. The lowest BCUT2D eigenvalue weighted by molar-refractivity contribution is 0.399. The summed E-state index contributed by atoms with van der Waals surface area (Å²) in [6.07, 6.45) is 3.72. The van der Waals surface area contributed by atoms with Crippen LogP contribution in [0.25, 0.3) is 5.57 Å². The predicted octanol–water partition coefficient (Wildman–Crippen LogP) is 1.96. The molecule has 0 radical (unpaired) electrons. The zero-order valence-electron chi connectivity index (χ0n) is 8.23.